The Morgan fingerprint density at radius 2 is 1.56 bits per heavy atom. The number of esters is 2. The minimum absolute atomic E-state index is 0.0539. The Morgan fingerprint density at radius 1 is 0.912 bits per heavy atom. The maximum atomic E-state index is 14.3. The zero-order valence-corrected chi connectivity index (χ0v) is 35.2. The van der Waals surface area contributed by atoms with Gasteiger partial charge in [0, 0.05) is 20.0 Å². The average molecular weight is 801 g/mol. The van der Waals surface area contributed by atoms with Crippen molar-refractivity contribution in [2.45, 2.75) is 143 Å². The summed E-state index contributed by atoms with van der Waals surface area (Å²) in [5.74, 6) is -6.22. The molecule has 0 bridgehead atoms. The number of aliphatic hydroxyl groups excluding tert-OH is 1. The number of hydrogen-bond donors (Lipinski definition) is 3. The minimum atomic E-state index is -1.40. The molecule has 0 radical (unpaired) electrons. The van der Waals surface area contributed by atoms with Crippen LogP contribution in [-0.4, -0.2) is 119 Å². The number of ether oxygens (including phenoxy) is 3. The van der Waals surface area contributed by atoms with Gasteiger partial charge in [-0.15, -0.1) is 0 Å². The summed E-state index contributed by atoms with van der Waals surface area (Å²) in [4.78, 5) is 99.3. The number of Topliss-reactive ketones (excluding diaryl/α,β-unsaturated/α-hetero) is 1. The second-order valence-corrected chi connectivity index (χ2v) is 16.4. The summed E-state index contributed by atoms with van der Waals surface area (Å²) in [7, 11) is 3.01. The van der Waals surface area contributed by atoms with E-state index in [1.54, 1.807) is 52.0 Å². The largest absolute Gasteiger partial charge is 0.497 e. The number of aliphatic hydroxyl groups is 1. The molecular weight excluding hydrogens is 736 g/mol. The molecule has 4 amide bonds. The fraction of sp³-hybridized carbons (Fsp3) is 0.690. The second kappa shape index (κ2) is 21.3. The van der Waals surface area contributed by atoms with Crippen LogP contribution in [0.25, 0.3) is 0 Å². The van der Waals surface area contributed by atoms with E-state index in [4.69, 9.17) is 14.2 Å². The highest BCUT2D eigenvalue weighted by Crippen LogP contribution is 2.25. The van der Waals surface area contributed by atoms with Crippen molar-refractivity contribution < 1.29 is 52.9 Å². The first kappa shape index (κ1) is 46.8. The number of benzene rings is 1. The van der Waals surface area contributed by atoms with Gasteiger partial charge in [0.1, 0.15) is 30.0 Å². The normalized spacial score (nSPS) is 28.8. The second-order valence-electron chi connectivity index (χ2n) is 16.4. The fourth-order valence-corrected chi connectivity index (χ4v) is 7.31. The van der Waals surface area contributed by atoms with Crippen molar-refractivity contribution in [2.24, 2.45) is 23.7 Å². The number of amides is 4. The third-order valence-electron chi connectivity index (χ3n) is 10.9. The predicted octanol–water partition coefficient (Wildman–Crippen LogP) is 2.98. The van der Waals surface area contributed by atoms with Gasteiger partial charge >= 0.3 is 11.9 Å². The zero-order valence-electron chi connectivity index (χ0n) is 35.2. The van der Waals surface area contributed by atoms with E-state index in [1.807, 2.05) is 20.8 Å². The van der Waals surface area contributed by atoms with Crippen LogP contribution >= 0.6 is 0 Å². The Hall–Kier alpha value is -4.53. The number of ketones is 1. The molecule has 3 rings (SSSR count). The molecule has 0 spiro atoms. The predicted molar refractivity (Wildman–Crippen MR) is 210 cm³/mol. The van der Waals surface area contributed by atoms with Gasteiger partial charge in [-0.3, -0.25) is 28.8 Å². The number of nitrogens with zero attached hydrogens (tertiary/aromatic N) is 2. The third-order valence-corrected chi connectivity index (χ3v) is 10.9. The van der Waals surface area contributed by atoms with Gasteiger partial charge in [-0.25, -0.2) is 4.79 Å². The molecule has 1 aromatic carbocycles. The van der Waals surface area contributed by atoms with E-state index in [1.165, 1.54) is 30.9 Å². The van der Waals surface area contributed by atoms with Crippen LogP contribution in [-0.2, 0) is 49.5 Å². The maximum absolute atomic E-state index is 14.3. The SMILES string of the molecule is CC[C@H](C)[C@H]1NC(=O)C[C@@H](C)OC(=O)C(Cc2ccc(OC)cc2)N(C)C(=O)[C@@H]2CCCN2C(=O)[C@H](CC(C)C)NC(=O)[C@@H](C)C(=O)[C@H](C(C)C)OC(=O)C[C@@H]1O. The first-order valence-corrected chi connectivity index (χ1v) is 20.2. The molecule has 2 aliphatic heterocycles. The molecule has 0 aliphatic carbocycles. The van der Waals surface area contributed by atoms with Crippen molar-refractivity contribution >= 4 is 41.4 Å². The molecule has 0 saturated carbocycles. The lowest BCUT2D eigenvalue weighted by Gasteiger charge is -2.34. The lowest BCUT2D eigenvalue weighted by molar-refractivity contribution is -0.162. The molecule has 2 fully saturated rings. The smallest absolute Gasteiger partial charge is 0.329 e. The molecule has 1 aromatic rings. The summed E-state index contributed by atoms with van der Waals surface area (Å²) < 4.78 is 16.7. The van der Waals surface area contributed by atoms with E-state index in [9.17, 15) is 38.7 Å². The number of carbonyl (C=O) groups is 7. The molecule has 15 heteroatoms. The molecule has 57 heavy (non-hydrogen) atoms. The van der Waals surface area contributed by atoms with E-state index in [2.05, 4.69) is 10.6 Å². The summed E-state index contributed by atoms with van der Waals surface area (Å²) >= 11 is 0. The maximum Gasteiger partial charge on any atom is 0.329 e. The topological polar surface area (TPSA) is 198 Å². The molecule has 318 valence electrons. The van der Waals surface area contributed by atoms with Crippen LogP contribution in [0.5, 0.6) is 5.75 Å². The van der Waals surface area contributed by atoms with Gasteiger partial charge in [-0.2, -0.15) is 0 Å². The lowest BCUT2D eigenvalue weighted by atomic mass is 9.91. The lowest BCUT2D eigenvalue weighted by Crippen LogP contribution is -2.57. The summed E-state index contributed by atoms with van der Waals surface area (Å²) in [5.41, 5.74) is 0.700. The van der Waals surface area contributed by atoms with Gasteiger partial charge in [-0.05, 0) is 68.6 Å². The first-order chi connectivity index (χ1) is 26.8. The highest BCUT2D eigenvalue weighted by atomic mass is 16.6. The van der Waals surface area contributed by atoms with E-state index >= 15 is 0 Å². The summed E-state index contributed by atoms with van der Waals surface area (Å²) in [6.45, 7) is 13.9. The van der Waals surface area contributed by atoms with Crippen molar-refractivity contribution in [3.05, 3.63) is 29.8 Å². The van der Waals surface area contributed by atoms with Crippen molar-refractivity contribution in [2.75, 3.05) is 20.7 Å². The molecule has 2 heterocycles. The van der Waals surface area contributed by atoms with Crippen LogP contribution in [0.3, 0.4) is 0 Å². The van der Waals surface area contributed by atoms with Gasteiger partial charge in [0.15, 0.2) is 11.9 Å². The van der Waals surface area contributed by atoms with E-state index in [0.29, 0.717) is 30.6 Å². The summed E-state index contributed by atoms with van der Waals surface area (Å²) in [6, 6.07) is 2.92. The van der Waals surface area contributed by atoms with Gasteiger partial charge < -0.3 is 39.8 Å². The Morgan fingerprint density at radius 3 is 2.14 bits per heavy atom. The van der Waals surface area contributed by atoms with Gasteiger partial charge in [0.25, 0.3) is 0 Å². The van der Waals surface area contributed by atoms with E-state index in [-0.39, 0.29) is 37.6 Å². The van der Waals surface area contributed by atoms with Crippen LogP contribution in [0.15, 0.2) is 24.3 Å². The highest BCUT2D eigenvalue weighted by Gasteiger charge is 2.43. The average Bonchev–Trinajstić information content (AvgIpc) is 3.65. The number of cyclic esters (lactones) is 2. The molecule has 0 aromatic heterocycles. The standard InChI is InChI=1S/C42H64N4O11/c1-11-25(6)36-33(47)22-35(49)57-38(24(4)5)37(50)27(8)39(51)43-30(19-23(2)3)40(52)46-18-12-13-31(46)41(53)45(9)32(21-28-14-16-29(55-10)17-15-28)42(54)56-26(7)20-34(48)44-36/h14-17,23-27,30-33,36,38,47H,11-13,18-22H2,1-10H3,(H,43,51)(H,44,48)/t25-,26+,27-,30-,31-,32?,33-,36+,38-/m0/s1. The van der Waals surface area contributed by atoms with E-state index in [0.717, 1.165) is 0 Å². The molecular formula is C42H64N4O11. The van der Waals surface area contributed by atoms with Crippen LogP contribution in [0.1, 0.15) is 99.5 Å². The number of likely N-dealkylation sites (N-methyl/N-ethyl adjacent to an activating group) is 1. The molecule has 9 atom stereocenters. The van der Waals surface area contributed by atoms with Crippen LogP contribution in [0.4, 0.5) is 0 Å². The van der Waals surface area contributed by atoms with Crippen LogP contribution in [0, 0.1) is 23.7 Å². The number of fused-ring (bicyclic) bond motifs is 1. The van der Waals surface area contributed by atoms with Crippen molar-refractivity contribution in [1.82, 2.24) is 20.4 Å². The molecule has 3 N–H and O–H groups in total. The Balaban J connectivity index is 2.07. The number of carbonyl (C=O) groups excluding carboxylic acids is 7. The van der Waals surface area contributed by atoms with Crippen molar-refractivity contribution in [3.63, 3.8) is 0 Å². The fourth-order valence-electron chi connectivity index (χ4n) is 7.31. The number of hydrogen-bond acceptors (Lipinski definition) is 11. The van der Waals surface area contributed by atoms with E-state index < -0.39 is 102 Å². The number of rotatable bonds is 8. The van der Waals surface area contributed by atoms with Gasteiger partial charge in [0.05, 0.1) is 38.0 Å². The minimum Gasteiger partial charge on any atom is -0.497 e. The molecule has 1 unspecified atom stereocenters. The van der Waals surface area contributed by atoms with Crippen molar-refractivity contribution in [1.29, 1.82) is 0 Å². The Kier molecular flexibility index (Phi) is 17.5. The Bertz CT molecular complexity index is 1580. The summed E-state index contributed by atoms with van der Waals surface area (Å²) in [5, 5.41) is 16.8. The van der Waals surface area contributed by atoms with Gasteiger partial charge in [0.2, 0.25) is 23.6 Å². The summed E-state index contributed by atoms with van der Waals surface area (Å²) in [6.07, 6.45) is -2.89. The molecule has 2 aliphatic rings. The van der Waals surface area contributed by atoms with Gasteiger partial charge in [-0.1, -0.05) is 60.1 Å². The van der Waals surface area contributed by atoms with Crippen molar-refractivity contribution in [3.8, 4) is 5.75 Å². The third kappa shape index (κ3) is 12.7. The zero-order chi connectivity index (χ0) is 42.7. The molecule has 15 nitrogen and oxygen atoms in total. The monoisotopic (exact) mass is 800 g/mol. The van der Waals surface area contributed by atoms with Crippen LogP contribution in [0.2, 0.25) is 0 Å². The highest BCUT2D eigenvalue weighted by molar-refractivity contribution is 6.05. The van der Waals surface area contributed by atoms with Crippen LogP contribution < -0.4 is 15.4 Å². The number of methoxy groups -OCH3 is 1. The first-order valence-electron chi connectivity index (χ1n) is 20.2. The molecule has 2 saturated heterocycles. The Labute approximate surface area is 336 Å². The quantitative estimate of drug-likeness (QED) is 0.258. The number of nitrogens with one attached hydrogen (secondary N) is 2.